The highest BCUT2D eigenvalue weighted by atomic mass is 16.2. The lowest BCUT2D eigenvalue weighted by atomic mass is 10.2. The van der Waals surface area contributed by atoms with E-state index in [1.54, 1.807) is 31.1 Å². The minimum absolute atomic E-state index is 0.0659. The molecule has 1 aromatic rings. The summed E-state index contributed by atoms with van der Waals surface area (Å²) in [4.78, 5) is 15.2. The number of nitrogens with zero attached hydrogens (tertiary/aromatic N) is 3. The first-order chi connectivity index (χ1) is 8.08. The predicted molar refractivity (Wildman–Crippen MR) is 67.7 cm³/mol. The lowest BCUT2D eigenvalue weighted by Crippen LogP contribution is -2.36. The molecule has 0 unspecified atom stereocenters. The van der Waals surface area contributed by atoms with Gasteiger partial charge in [0.1, 0.15) is 0 Å². The first-order valence-electron chi connectivity index (χ1n) is 5.53. The second kappa shape index (κ2) is 5.90. The molecule has 90 valence electrons. The summed E-state index contributed by atoms with van der Waals surface area (Å²) in [5.41, 5.74) is 1.59. The van der Waals surface area contributed by atoms with Crippen LogP contribution in [0, 0.1) is 11.3 Å². The van der Waals surface area contributed by atoms with Gasteiger partial charge in [-0.05, 0) is 31.2 Å². The van der Waals surface area contributed by atoms with Crippen molar-refractivity contribution in [1.82, 2.24) is 4.90 Å². The minimum Gasteiger partial charge on any atom is -0.362 e. The van der Waals surface area contributed by atoms with E-state index in [1.807, 2.05) is 24.0 Å². The molecule has 0 aliphatic rings. The van der Waals surface area contributed by atoms with Gasteiger partial charge in [0.15, 0.2) is 0 Å². The molecule has 1 rings (SSSR count). The average molecular weight is 231 g/mol. The predicted octanol–water partition coefficient (Wildman–Crippen LogP) is 1.47. The third-order valence-corrected chi connectivity index (χ3v) is 2.57. The molecule has 0 fully saturated rings. The van der Waals surface area contributed by atoms with Crippen LogP contribution in [0.15, 0.2) is 24.3 Å². The third-order valence-electron chi connectivity index (χ3n) is 2.57. The Hall–Kier alpha value is -2.02. The number of rotatable bonds is 4. The molecule has 0 heterocycles. The lowest BCUT2D eigenvalue weighted by Gasteiger charge is -2.24. The molecule has 17 heavy (non-hydrogen) atoms. The number of likely N-dealkylation sites (N-methyl/N-ethyl adjacent to an activating group) is 2. The topological polar surface area (TPSA) is 47.3 Å². The summed E-state index contributed by atoms with van der Waals surface area (Å²) in [7, 11) is 3.49. The summed E-state index contributed by atoms with van der Waals surface area (Å²) in [6, 6.07) is 9.33. The zero-order valence-electron chi connectivity index (χ0n) is 10.5. The van der Waals surface area contributed by atoms with Crippen molar-refractivity contribution in [2.75, 3.05) is 32.1 Å². The van der Waals surface area contributed by atoms with Crippen molar-refractivity contribution in [3.05, 3.63) is 29.8 Å². The summed E-state index contributed by atoms with van der Waals surface area (Å²) in [5.74, 6) is 0.0659. The molecule has 0 aliphatic carbocycles. The summed E-state index contributed by atoms with van der Waals surface area (Å²) >= 11 is 0. The van der Waals surface area contributed by atoms with Crippen molar-refractivity contribution in [2.45, 2.75) is 6.92 Å². The summed E-state index contributed by atoms with van der Waals surface area (Å²) < 4.78 is 0. The van der Waals surface area contributed by atoms with Crippen molar-refractivity contribution >= 4 is 11.6 Å². The van der Waals surface area contributed by atoms with Gasteiger partial charge in [-0.1, -0.05) is 0 Å². The van der Waals surface area contributed by atoms with Gasteiger partial charge in [-0.2, -0.15) is 5.26 Å². The van der Waals surface area contributed by atoms with Crippen LogP contribution in [0.3, 0.4) is 0 Å². The minimum atomic E-state index is 0.0659. The van der Waals surface area contributed by atoms with E-state index in [0.29, 0.717) is 12.1 Å². The van der Waals surface area contributed by atoms with Crippen molar-refractivity contribution < 1.29 is 4.79 Å². The lowest BCUT2D eigenvalue weighted by molar-refractivity contribution is -0.127. The van der Waals surface area contributed by atoms with Gasteiger partial charge < -0.3 is 9.80 Å². The number of benzene rings is 1. The number of nitriles is 1. The van der Waals surface area contributed by atoms with E-state index in [9.17, 15) is 4.79 Å². The fourth-order valence-electron chi connectivity index (χ4n) is 1.44. The maximum atomic E-state index is 11.6. The van der Waals surface area contributed by atoms with Crippen LogP contribution in [0.4, 0.5) is 5.69 Å². The Kier molecular flexibility index (Phi) is 4.53. The highest BCUT2D eigenvalue weighted by molar-refractivity contribution is 5.81. The van der Waals surface area contributed by atoms with Gasteiger partial charge in [0.25, 0.3) is 0 Å². The second-order valence-corrected chi connectivity index (χ2v) is 3.96. The Balaban J connectivity index is 2.80. The molecule has 0 bridgehead atoms. The standard InChI is InChI=1S/C13H17N3O/c1-4-16(10-13(17)15(2)3)12-7-5-11(9-14)6-8-12/h5-8H,4,10H2,1-3H3. The largest absolute Gasteiger partial charge is 0.362 e. The number of carbonyl (C=O) groups is 1. The van der Waals surface area contributed by atoms with Crippen LogP contribution in [0.25, 0.3) is 0 Å². The molecule has 1 aromatic carbocycles. The fourth-order valence-corrected chi connectivity index (χ4v) is 1.44. The molecular formula is C13H17N3O. The molecule has 0 aromatic heterocycles. The zero-order valence-corrected chi connectivity index (χ0v) is 10.5. The van der Waals surface area contributed by atoms with Crippen LogP contribution in [0.1, 0.15) is 12.5 Å². The first-order valence-corrected chi connectivity index (χ1v) is 5.53. The molecule has 0 saturated carbocycles. The van der Waals surface area contributed by atoms with Gasteiger partial charge >= 0.3 is 0 Å². The van der Waals surface area contributed by atoms with Crippen LogP contribution < -0.4 is 4.90 Å². The summed E-state index contributed by atoms with van der Waals surface area (Å²) in [6.45, 7) is 3.11. The van der Waals surface area contributed by atoms with E-state index in [1.165, 1.54) is 0 Å². The maximum absolute atomic E-state index is 11.6. The fraction of sp³-hybridized carbons (Fsp3) is 0.385. The molecule has 0 N–H and O–H groups in total. The monoisotopic (exact) mass is 231 g/mol. The number of amides is 1. The summed E-state index contributed by atoms with van der Waals surface area (Å²) in [6.07, 6.45) is 0. The molecule has 0 saturated heterocycles. The van der Waals surface area contributed by atoms with Crippen LogP contribution in [0.2, 0.25) is 0 Å². The molecule has 0 aliphatic heterocycles. The second-order valence-electron chi connectivity index (χ2n) is 3.96. The van der Waals surface area contributed by atoms with Crippen LogP contribution in [-0.2, 0) is 4.79 Å². The Morgan fingerprint density at radius 1 is 1.29 bits per heavy atom. The van der Waals surface area contributed by atoms with Crippen molar-refractivity contribution in [2.24, 2.45) is 0 Å². The van der Waals surface area contributed by atoms with Crippen LogP contribution in [-0.4, -0.2) is 38.0 Å². The van der Waals surface area contributed by atoms with E-state index in [0.717, 1.165) is 12.2 Å². The normalized spacial score (nSPS) is 9.53. The van der Waals surface area contributed by atoms with Crippen molar-refractivity contribution in [1.29, 1.82) is 5.26 Å². The maximum Gasteiger partial charge on any atom is 0.241 e. The van der Waals surface area contributed by atoms with Gasteiger partial charge in [0, 0.05) is 26.3 Å². The van der Waals surface area contributed by atoms with E-state index in [2.05, 4.69) is 6.07 Å². The van der Waals surface area contributed by atoms with E-state index in [-0.39, 0.29) is 5.91 Å². The molecule has 1 amide bonds. The molecule has 4 heteroatoms. The zero-order chi connectivity index (χ0) is 12.8. The quantitative estimate of drug-likeness (QED) is 0.788. The number of hydrogen-bond donors (Lipinski definition) is 0. The van der Waals surface area contributed by atoms with Crippen LogP contribution >= 0.6 is 0 Å². The van der Waals surface area contributed by atoms with Gasteiger partial charge in [-0.15, -0.1) is 0 Å². The molecule has 4 nitrogen and oxygen atoms in total. The molecular weight excluding hydrogens is 214 g/mol. The van der Waals surface area contributed by atoms with Gasteiger partial charge in [-0.25, -0.2) is 0 Å². The molecule has 0 radical (unpaired) electrons. The molecule has 0 atom stereocenters. The Labute approximate surface area is 102 Å². The van der Waals surface area contributed by atoms with Crippen LogP contribution in [0.5, 0.6) is 0 Å². The Bertz CT molecular complexity index is 417. The highest BCUT2D eigenvalue weighted by Gasteiger charge is 2.11. The SMILES string of the molecule is CCN(CC(=O)N(C)C)c1ccc(C#N)cc1. The highest BCUT2D eigenvalue weighted by Crippen LogP contribution is 2.14. The van der Waals surface area contributed by atoms with Crippen molar-refractivity contribution in [3.8, 4) is 6.07 Å². The van der Waals surface area contributed by atoms with Gasteiger partial charge in [-0.3, -0.25) is 4.79 Å². The first kappa shape index (κ1) is 13.0. The van der Waals surface area contributed by atoms with E-state index in [4.69, 9.17) is 5.26 Å². The average Bonchev–Trinajstić information content (AvgIpc) is 2.35. The van der Waals surface area contributed by atoms with Gasteiger partial charge in [0.05, 0.1) is 18.2 Å². The third kappa shape index (κ3) is 3.49. The number of hydrogen-bond acceptors (Lipinski definition) is 3. The number of carbonyl (C=O) groups excluding carboxylic acids is 1. The summed E-state index contributed by atoms with van der Waals surface area (Å²) in [5, 5.41) is 8.72. The van der Waals surface area contributed by atoms with E-state index < -0.39 is 0 Å². The van der Waals surface area contributed by atoms with Gasteiger partial charge in [0.2, 0.25) is 5.91 Å². The smallest absolute Gasteiger partial charge is 0.241 e. The van der Waals surface area contributed by atoms with E-state index >= 15 is 0 Å². The Morgan fingerprint density at radius 3 is 2.29 bits per heavy atom. The number of anilines is 1. The van der Waals surface area contributed by atoms with Crippen molar-refractivity contribution in [3.63, 3.8) is 0 Å². The molecule has 0 spiro atoms. The Morgan fingerprint density at radius 2 is 1.88 bits per heavy atom.